The maximum atomic E-state index is 12.5. The number of hydrogen-bond acceptors (Lipinski definition) is 2. The first-order valence-corrected chi connectivity index (χ1v) is 7.75. The molecule has 3 nitrogen and oxygen atoms in total. The summed E-state index contributed by atoms with van der Waals surface area (Å²) in [5.41, 5.74) is 2.59. The minimum Gasteiger partial charge on any atom is -0.481 e. The SMILES string of the molecule is Cc1cccc2c1[C@H](C(=O)O)[C@@]13CC(=O)[C@@](C)(CC[C@@H]21)C3. The second-order valence-corrected chi connectivity index (χ2v) is 7.51. The number of ketones is 1. The van der Waals surface area contributed by atoms with E-state index >= 15 is 0 Å². The van der Waals surface area contributed by atoms with Gasteiger partial charge in [-0.05, 0) is 48.8 Å². The smallest absolute Gasteiger partial charge is 0.311 e. The van der Waals surface area contributed by atoms with Crippen molar-refractivity contribution in [3.05, 3.63) is 34.9 Å². The highest BCUT2D eigenvalue weighted by Gasteiger charge is 2.66. The van der Waals surface area contributed by atoms with Crippen LogP contribution in [0.1, 0.15) is 61.1 Å². The molecule has 110 valence electrons. The predicted molar refractivity (Wildman–Crippen MR) is 78.3 cm³/mol. The van der Waals surface area contributed by atoms with Crippen molar-refractivity contribution < 1.29 is 14.7 Å². The van der Waals surface area contributed by atoms with E-state index in [1.54, 1.807) is 0 Å². The Hall–Kier alpha value is -1.64. The number of aryl methyl sites for hydroxylation is 1. The Bertz CT molecular complexity index is 677. The fraction of sp³-hybridized carbons (Fsp3) is 0.556. The molecule has 1 aromatic carbocycles. The summed E-state index contributed by atoms with van der Waals surface area (Å²) in [7, 11) is 0. The van der Waals surface area contributed by atoms with Gasteiger partial charge in [0.05, 0.1) is 5.92 Å². The number of aliphatic carboxylic acids is 1. The molecule has 1 spiro atoms. The molecule has 4 rings (SSSR count). The number of carboxylic acids is 1. The number of carbonyl (C=O) groups excluding carboxylic acids is 1. The normalized spacial score (nSPS) is 40.0. The molecular formula is C18H20O3. The number of carboxylic acid groups (broad SMARTS) is 1. The maximum Gasteiger partial charge on any atom is 0.311 e. The van der Waals surface area contributed by atoms with Gasteiger partial charge in [-0.15, -0.1) is 0 Å². The number of hydrogen-bond donors (Lipinski definition) is 1. The van der Waals surface area contributed by atoms with Crippen molar-refractivity contribution >= 4 is 11.8 Å². The number of Topliss-reactive ketones (excluding diaryl/α,β-unsaturated/α-hetero) is 1. The summed E-state index contributed by atoms with van der Waals surface area (Å²) in [5.74, 6) is -0.744. The molecular weight excluding hydrogens is 264 g/mol. The molecule has 4 atom stereocenters. The van der Waals surface area contributed by atoms with E-state index in [2.05, 4.69) is 6.07 Å². The summed E-state index contributed by atoms with van der Waals surface area (Å²) in [6, 6.07) is 6.11. The van der Waals surface area contributed by atoms with E-state index < -0.39 is 11.9 Å². The summed E-state index contributed by atoms with van der Waals surface area (Å²) in [5, 5.41) is 9.90. The van der Waals surface area contributed by atoms with Crippen LogP contribution in [0.5, 0.6) is 0 Å². The Balaban J connectivity index is 1.98. The van der Waals surface area contributed by atoms with E-state index in [1.165, 1.54) is 5.56 Å². The van der Waals surface area contributed by atoms with E-state index in [1.807, 2.05) is 26.0 Å². The summed E-state index contributed by atoms with van der Waals surface area (Å²) in [6.45, 7) is 4.04. The van der Waals surface area contributed by atoms with E-state index in [0.717, 1.165) is 30.4 Å². The van der Waals surface area contributed by atoms with Crippen LogP contribution in [0.15, 0.2) is 18.2 Å². The number of rotatable bonds is 1. The maximum absolute atomic E-state index is 12.5. The van der Waals surface area contributed by atoms with Crippen LogP contribution in [0.4, 0.5) is 0 Å². The standard InChI is InChI=1S/C18H20O3/c1-10-4-3-5-11-12-6-7-17(2)9-18(12,8-13(17)19)15(14(10)11)16(20)21/h3-5,12,15H,6-9H2,1-2H3,(H,20,21)/t12-,15+,17-,18+/m0/s1. The Morgan fingerprint density at radius 3 is 2.86 bits per heavy atom. The van der Waals surface area contributed by atoms with Crippen LogP contribution < -0.4 is 0 Å². The van der Waals surface area contributed by atoms with Crippen LogP contribution in [0.2, 0.25) is 0 Å². The second kappa shape index (κ2) is 3.76. The van der Waals surface area contributed by atoms with Crippen molar-refractivity contribution in [2.24, 2.45) is 10.8 Å². The molecule has 0 heterocycles. The third-order valence-corrected chi connectivity index (χ3v) is 6.40. The zero-order chi connectivity index (χ0) is 15.0. The van der Waals surface area contributed by atoms with Crippen LogP contribution in [0, 0.1) is 17.8 Å². The first kappa shape index (κ1) is 13.1. The lowest BCUT2D eigenvalue weighted by molar-refractivity contribution is -0.142. The lowest BCUT2D eigenvalue weighted by Gasteiger charge is -2.41. The molecule has 0 aliphatic heterocycles. The highest BCUT2D eigenvalue weighted by molar-refractivity contribution is 5.92. The summed E-state index contributed by atoms with van der Waals surface area (Å²) < 4.78 is 0. The largest absolute Gasteiger partial charge is 0.481 e. The summed E-state index contributed by atoms with van der Waals surface area (Å²) in [6.07, 6.45) is 3.04. The van der Waals surface area contributed by atoms with Gasteiger partial charge >= 0.3 is 5.97 Å². The monoisotopic (exact) mass is 284 g/mol. The first-order chi connectivity index (χ1) is 9.89. The minimum absolute atomic E-state index is 0.244. The van der Waals surface area contributed by atoms with Crippen molar-refractivity contribution in [1.82, 2.24) is 0 Å². The van der Waals surface area contributed by atoms with E-state index in [0.29, 0.717) is 6.42 Å². The molecule has 3 aliphatic carbocycles. The number of benzene rings is 1. The Kier molecular flexibility index (Phi) is 2.34. The first-order valence-electron chi connectivity index (χ1n) is 7.75. The van der Waals surface area contributed by atoms with Crippen molar-refractivity contribution in [2.45, 2.75) is 51.4 Å². The molecule has 0 amide bonds. The zero-order valence-electron chi connectivity index (χ0n) is 12.5. The molecule has 2 saturated carbocycles. The Morgan fingerprint density at radius 2 is 2.14 bits per heavy atom. The molecule has 1 N–H and O–H groups in total. The lowest BCUT2D eigenvalue weighted by Crippen LogP contribution is -2.36. The van der Waals surface area contributed by atoms with Crippen molar-refractivity contribution in [3.63, 3.8) is 0 Å². The van der Waals surface area contributed by atoms with Crippen molar-refractivity contribution in [2.75, 3.05) is 0 Å². The fourth-order valence-corrected chi connectivity index (χ4v) is 5.55. The average Bonchev–Trinajstić information content (AvgIpc) is 2.79. The van der Waals surface area contributed by atoms with Gasteiger partial charge in [-0.25, -0.2) is 0 Å². The molecule has 0 aromatic heterocycles. The van der Waals surface area contributed by atoms with Gasteiger partial charge in [0.2, 0.25) is 0 Å². The van der Waals surface area contributed by atoms with Crippen LogP contribution in [0.3, 0.4) is 0 Å². The van der Waals surface area contributed by atoms with Crippen LogP contribution in [0.25, 0.3) is 0 Å². The van der Waals surface area contributed by atoms with E-state index in [9.17, 15) is 14.7 Å². The average molecular weight is 284 g/mol. The molecule has 0 radical (unpaired) electrons. The minimum atomic E-state index is -0.757. The van der Waals surface area contributed by atoms with Gasteiger partial charge in [-0.2, -0.15) is 0 Å². The van der Waals surface area contributed by atoms with E-state index in [4.69, 9.17) is 0 Å². The molecule has 2 bridgehead atoms. The zero-order valence-corrected chi connectivity index (χ0v) is 12.5. The summed E-state index contributed by atoms with van der Waals surface area (Å²) >= 11 is 0. The van der Waals surface area contributed by atoms with Crippen LogP contribution in [-0.2, 0) is 9.59 Å². The van der Waals surface area contributed by atoms with E-state index in [-0.39, 0.29) is 22.5 Å². The van der Waals surface area contributed by atoms with Gasteiger partial charge in [0, 0.05) is 17.3 Å². The second-order valence-electron chi connectivity index (χ2n) is 7.51. The highest BCUT2D eigenvalue weighted by atomic mass is 16.4. The molecule has 1 aromatic rings. The molecule has 3 aliphatic rings. The Labute approximate surface area is 124 Å². The number of fused-ring (bicyclic) bond motifs is 3. The van der Waals surface area contributed by atoms with Crippen molar-refractivity contribution in [1.29, 1.82) is 0 Å². The summed E-state index contributed by atoms with van der Waals surface area (Å²) in [4.78, 5) is 24.6. The van der Waals surface area contributed by atoms with Crippen LogP contribution in [-0.4, -0.2) is 16.9 Å². The number of carbonyl (C=O) groups is 2. The molecule has 0 saturated heterocycles. The quantitative estimate of drug-likeness (QED) is 0.859. The highest BCUT2D eigenvalue weighted by Crippen LogP contribution is 2.71. The Morgan fingerprint density at radius 1 is 1.38 bits per heavy atom. The topological polar surface area (TPSA) is 54.4 Å². The molecule has 2 fully saturated rings. The molecule has 3 heteroatoms. The van der Waals surface area contributed by atoms with Gasteiger partial charge in [0.25, 0.3) is 0 Å². The fourth-order valence-electron chi connectivity index (χ4n) is 5.55. The molecule has 21 heavy (non-hydrogen) atoms. The van der Waals surface area contributed by atoms with Crippen molar-refractivity contribution in [3.8, 4) is 0 Å². The third-order valence-electron chi connectivity index (χ3n) is 6.40. The van der Waals surface area contributed by atoms with Gasteiger partial charge < -0.3 is 5.11 Å². The van der Waals surface area contributed by atoms with Crippen LogP contribution >= 0.6 is 0 Å². The van der Waals surface area contributed by atoms with Gasteiger partial charge in [0.15, 0.2) is 0 Å². The van der Waals surface area contributed by atoms with Gasteiger partial charge in [0.1, 0.15) is 5.78 Å². The predicted octanol–water partition coefficient (Wildman–Crippen LogP) is 3.41. The lowest BCUT2D eigenvalue weighted by atomic mass is 9.61. The van der Waals surface area contributed by atoms with Gasteiger partial charge in [-0.3, -0.25) is 9.59 Å². The molecule has 0 unspecified atom stereocenters. The third kappa shape index (κ3) is 1.39. The van der Waals surface area contributed by atoms with Gasteiger partial charge in [-0.1, -0.05) is 25.1 Å².